The van der Waals surface area contributed by atoms with Crippen molar-refractivity contribution in [2.45, 2.75) is 0 Å². The van der Waals surface area contributed by atoms with Crippen LogP contribution in [0, 0.1) is 0 Å². The molecule has 0 aliphatic heterocycles. The molecule has 0 aromatic carbocycles. The van der Waals surface area contributed by atoms with Crippen molar-refractivity contribution in [3.8, 4) is 0 Å². The summed E-state index contributed by atoms with van der Waals surface area (Å²) in [6.45, 7) is 0. The smallest absolute Gasteiger partial charge is 0 e. The molecule has 0 bridgehead atoms. The molecule has 1 nitrogen and oxygen atoms in total. The Bertz CT molecular complexity index is 8.00. The summed E-state index contributed by atoms with van der Waals surface area (Å²) in [5.74, 6) is 0. The van der Waals surface area contributed by atoms with E-state index in [1.807, 2.05) is 0 Å². The molecule has 0 rings (SSSR count). The first kappa shape index (κ1) is 16.4. The van der Waals surface area contributed by atoms with E-state index in [-0.39, 0.29) is 49.7 Å². The Hall–Kier alpha value is 2.15. The summed E-state index contributed by atoms with van der Waals surface area (Å²) in [6, 6.07) is 0. The van der Waals surface area contributed by atoms with Gasteiger partial charge in [-0.1, -0.05) is 0 Å². The maximum absolute atomic E-state index is 8.33. The van der Waals surface area contributed by atoms with Gasteiger partial charge in [-0.05, 0) is 0 Å². The van der Waals surface area contributed by atoms with Crippen LogP contribution in [0.5, 0.6) is 0 Å². The van der Waals surface area contributed by atoms with Gasteiger partial charge in [0, 0.05) is 49.7 Å². The summed E-state index contributed by atoms with van der Waals surface area (Å²) in [7, 11) is 0. The molecule has 0 aromatic heterocycles. The Morgan fingerprint density at radius 2 is 1.25 bits per heavy atom. The standard InChI is InChI=1S/Nb.O.Tl.W. The van der Waals surface area contributed by atoms with Crippen LogP contribution in [0.25, 0.3) is 0 Å². The van der Waals surface area contributed by atoms with Crippen molar-refractivity contribution in [3.63, 3.8) is 0 Å². The molecular formula is NbOTlW. The molecule has 20 valence electrons. The van der Waals surface area contributed by atoms with E-state index < -0.39 is 0 Å². The van der Waals surface area contributed by atoms with Crippen LogP contribution in [0.4, 0.5) is 0 Å². The van der Waals surface area contributed by atoms with Gasteiger partial charge in [-0.3, -0.25) is 0 Å². The summed E-state index contributed by atoms with van der Waals surface area (Å²) in [5, 5.41) is 0. The van der Waals surface area contributed by atoms with Gasteiger partial charge in [0.25, 0.3) is 0 Å². The molecule has 0 aliphatic carbocycles. The van der Waals surface area contributed by atoms with E-state index in [9.17, 15) is 0 Å². The average Bonchev–Trinajstić information content (AvgIpc) is 1.00. The van der Waals surface area contributed by atoms with Gasteiger partial charge in [0.15, 0.2) is 0 Å². The molecule has 0 fully saturated rings. The summed E-state index contributed by atoms with van der Waals surface area (Å²) >= 11 is 0.333. The van der Waals surface area contributed by atoms with Crippen molar-refractivity contribution < 1.29 is 45.6 Å². The maximum atomic E-state index is 8.33. The van der Waals surface area contributed by atoms with Gasteiger partial charge in [0.05, 0.1) is 0 Å². The van der Waals surface area contributed by atoms with Gasteiger partial charge in [-0.15, -0.1) is 0 Å². The second kappa shape index (κ2) is 19.2. The van der Waals surface area contributed by atoms with Crippen LogP contribution in [-0.2, 0) is 45.6 Å². The molecule has 0 aromatic rings. The van der Waals surface area contributed by atoms with E-state index in [1.54, 1.807) is 0 Å². The van der Waals surface area contributed by atoms with Crippen LogP contribution < -0.4 is 0 Å². The minimum atomic E-state index is 0. The van der Waals surface area contributed by atoms with Crippen molar-refractivity contribution in [1.29, 1.82) is 0 Å². The predicted octanol–water partition coefficient (Wildman–Crippen LogP) is -0.505. The zero-order chi connectivity index (χ0) is 2.00. The molecule has 0 amide bonds. The normalized spacial score (nSPS) is 1.00. The fourth-order valence-electron chi connectivity index (χ4n) is 0. The van der Waals surface area contributed by atoms with Crippen LogP contribution in [0.3, 0.4) is 0 Å². The molecule has 4 heavy (non-hydrogen) atoms. The molecular weight excluding hydrogens is 497 g/mol. The summed E-state index contributed by atoms with van der Waals surface area (Å²) in [5.41, 5.74) is 0. The second-order valence-corrected chi connectivity index (χ2v) is 0. The predicted molar refractivity (Wildman–Crippen MR) is 6.44 cm³/mol. The first-order valence-corrected chi connectivity index (χ1v) is 1.36. The third-order valence-electron chi connectivity index (χ3n) is 0. The Balaban J connectivity index is -0.00000000500. The summed E-state index contributed by atoms with van der Waals surface area (Å²) in [6.07, 6.45) is 0. The quantitative estimate of drug-likeness (QED) is 0.413. The molecule has 2 radical (unpaired) electrons. The Morgan fingerprint density at radius 3 is 1.25 bits per heavy atom. The van der Waals surface area contributed by atoms with Crippen LogP contribution in [0.15, 0.2) is 0 Å². The van der Waals surface area contributed by atoms with Crippen LogP contribution in [-0.4, -0.2) is 27.3 Å². The number of rotatable bonds is 0. The third kappa shape index (κ3) is 8.91. The Labute approximate surface area is 71.8 Å². The first-order chi connectivity index (χ1) is 1.00. The molecule has 0 saturated heterocycles. The topological polar surface area (TPSA) is 17.1 Å². The third-order valence-corrected chi connectivity index (χ3v) is 0. The monoisotopic (exact) mass is 498 g/mol. The molecule has 0 saturated carbocycles. The van der Waals surface area contributed by atoms with Crippen molar-refractivity contribution in [2.75, 3.05) is 0 Å². The van der Waals surface area contributed by atoms with E-state index in [0.29, 0.717) is 19.8 Å². The molecule has 0 spiro atoms. The zero-order valence-electron chi connectivity index (χ0n) is 1.84. The zero-order valence-corrected chi connectivity index (χ0v) is 11.5. The van der Waals surface area contributed by atoms with Crippen LogP contribution in [0.2, 0.25) is 0 Å². The molecule has 0 aliphatic rings. The van der Waals surface area contributed by atoms with E-state index in [4.69, 9.17) is 3.40 Å². The van der Waals surface area contributed by atoms with E-state index >= 15 is 0 Å². The van der Waals surface area contributed by atoms with E-state index in [0.717, 1.165) is 0 Å². The Morgan fingerprint density at radius 1 is 1.25 bits per heavy atom. The molecule has 0 atom stereocenters. The van der Waals surface area contributed by atoms with Crippen molar-refractivity contribution in [2.24, 2.45) is 0 Å². The average molecular weight is 497 g/mol. The fraction of sp³-hybridized carbons (Fsp3) is 0. The van der Waals surface area contributed by atoms with Gasteiger partial charge in [0.2, 0.25) is 0 Å². The fourth-order valence-corrected chi connectivity index (χ4v) is 0. The van der Waals surface area contributed by atoms with E-state index in [1.165, 1.54) is 0 Å². The molecule has 4 heteroatoms. The van der Waals surface area contributed by atoms with Gasteiger partial charge in [0.1, 0.15) is 0 Å². The number of hydrogen-bond donors (Lipinski definition) is 0. The largest absolute Gasteiger partial charge is 0 e. The van der Waals surface area contributed by atoms with Crippen molar-refractivity contribution in [1.82, 2.24) is 0 Å². The van der Waals surface area contributed by atoms with E-state index in [2.05, 4.69) is 0 Å². The SMILES string of the molecule is [Nb].[O]=[W].[Tl]. The van der Waals surface area contributed by atoms with Crippen molar-refractivity contribution in [3.05, 3.63) is 0 Å². The minimum Gasteiger partial charge on any atom is 0 e. The van der Waals surface area contributed by atoms with Crippen LogP contribution in [0.1, 0.15) is 0 Å². The maximum Gasteiger partial charge on any atom is 0 e. The summed E-state index contributed by atoms with van der Waals surface area (Å²) < 4.78 is 8.33. The van der Waals surface area contributed by atoms with Gasteiger partial charge >= 0.3 is 23.2 Å². The summed E-state index contributed by atoms with van der Waals surface area (Å²) in [4.78, 5) is 0. The molecule has 0 unspecified atom stereocenters. The van der Waals surface area contributed by atoms with Gasteiger partial charge in [-0.2, -0.15) is 0 Å². The molecule has 0 N–H and O–H groups in total. The van der Waals surface area contributed by atoms with Crippen LogP contribution >= 0.6 is 0 Å². The van der Waals surface area contributed by atoms with Crippen molar-refractivity contribution >= 4 is 27.3 Å². The number of hydrogen-bond acceptors (Lipinski definition) is 1. The second-order valence-electron chi connectivity index (χ2n) is 0. The minimum absolute atomic E-state index is 0. The Kier molecular flexibility index (Phi) is 78.8. The first-order valence-electron chi connectivity index (χ1n) is 0.167. The molecule has 0 heterocycles. The van der Waals surface area contributed by atoms with Gasteiger partial charge in [-0.25, -0.2) is 0 Å². The van der Waals surface area contributed by atoms with Gasteiger partial charge < -0.3 is 0 Å².